The van der Waals surface area contributed by atoms with Gasteiger partial charge in [0, 0.05) is 27.4 Å². The molecular formula is C23H15BrN4O6S. The number of azo groups is 1. The number of benzene rings is 4. The highest BCUT2D eigenvalue weighted by Gasteiger charge is 2.19. The number of rotatable bonds is 6. The van der Waals surface area contributed by atoms with Crippen molar-refractivity contribution in [3.63, 3.8) is 0 Å². The van der Waals surface area contributed by atoms with E-state index in [1.165, 1.54) is 36.4 Å². The molecular weight excluding hydrogens is 540 g/mol. The molecule has 12 heteroatoms. The second-order valence-electron chi connectivity index (χ2n) is 7.21. The largest absolute Gasteiger partial charge is 0.505 e. The third kappa shape index (κ3) is 5.18. The number of carbonyl (C=O) groups is 1. The Morgan fingerprint density at radius 3 is 2.34 bits per heavy atom. The number of hydrogen-bond acceptors (Lipinski definition) is 7. The average molecular weight is 555 g/mol. The number of nitrogens with one attached hydrogen (secondary N) is 1. The molecule has 35 heavy (non-hydrogen) atoms. The predicted octanol–water partition coefficient (Wildman–Crippen LogP) is 5.94. The van der Waals surface area contributed by atoms with E-state index in [0.717, 1.165) is 6.07 Å². The predicted molar refractivity (Wildman–Crippen MR) is 133 cm³/mol. The van der Waals surface area contributed by atoms with Crippen molar-refractivity contribution in [3.05, 3.63) is 99.0 Å². The lowest BCUT2D eigenvalue weighted by atomic mass is 10.1. The van der Waals surface area contributed by atoms with Crippen LogP contribution in [0.25, 0.3) is 10.8 Å². The molecule has 0 saturated carbocycles. The van der Waals surface area contributed by atoms with Gasteiger partial charge in [0.15, 0.2) is 5.75 Å². The Hall–Kier alpha value is -4.16. The van der Waals surface area contributed by atoms with Gasteiger partial charge in [-0.05, 0) is 36.4 Å². The minimum absolute atomic E-state index is 0.0156. The zero-order valence-corrected chi connectivity index (χ0v) is 20.0. The third-order valence-electron chi connectivity index (χ3n) is 4.92. The van der Waals surface area contributed by atoms with Crippen molar-refractivity contribution in [2.45, 2.75) is 4.90 Å². The summed E-state index contributed by atoms with van der Waals surface area (Å²) in [5.41, 5.74) is -0.419. The van der Waals surface area contributed by atoms with Crippen LogP contribution >= 0.6 is 15.9 Å². The molecule has 0 radical (unpaired) electrons. The highest BCUT2D eigenvalue weighted by atomic mass is 79.9. The first-order valence-corrected chi connectivity index (χ1v) is 12.2. The maximum Gasteiger partial charge on any atom is 0.295 e. The van der Waals surface area contributed by atoms with E-state index in [1.54, 1.807) is 36.4 Å². The van der Waals surface area contributed by atoms with Crippen LogP contribution in [0.4, 0.5) is 17.1 Å². The standard InChI is InChI=1S/C23H15BrN4O6S/c24-15-8-10-17(11-9-15)35(33,34)27-20-13-21(22(29)19-7-2-1-6-18(19)20)25-26-23(30)14-4-3-5-16(12-14)28(31)32/h1-13,27,29H. The Balaban J connectivity index is 1.74. The van der Waals surface area contributed by atoms with Crippen molar-refractivity contribution in [1.82, 2.24) is 0 Å². The van der Waals surface area contributed by atoms with Crippen LogP contribution < -0.4 is 4.72 Å². The topological polar surface area (TPSA) is 151 Å². The number of halogens is 1. The first-order chi connectivity index (χ1) is 16.7. The summed E-state index contributed by atoms with van der Waals surface area (Å²) in [4.78, 5) is 22.7. The molecule has 0 heterocycles. The highest BCUT2D eigenvalue weighted by molar-refractivity contribution is 9.10. The molecule has 0 fully saturated rings. The van der Waals surface area contributed by atoms with E-state index < -0.39 is 20.9 Å². The fourth-order valence-electron chi connectivity index (χ4n) is 3.23. The smallest absolute Gasteiger partial charge is 0.295 e. The van der Waals surface area contributed by atoms with Crippen LogP contribution in [-0.2, 0) is 10.0 Å². The third-order valence-corrected chi connectivity index (χ3v) is 6.83. The van der Waals surface area contributed by atoms with E-state index in [4.69, 9.17) is 0 Å². The van der Waals surface area contributed by atoms with E-state index in [1.807, 2.05) is 0 Å². The van der Waals surface area contributed by atoms with Gasteiger partial charge in [-0.2, -0.15) is 0 Å². The lowest BCUT2D eigenvalue weighted by Gasteiger charge is -2.13. The second-order valence-corrected chi connectivity index (χ2v) is 9.81. The maximum atomic E-state index is 12.9. The van der Waals surface area contributed by atoms with Crippen molar-refractivity contribution in [1.29, 1.82) is 0 Å². The van der Waals surface area contributed by atoms with Gasteiger partial charge in [0.25, 0.3) is 21.6 Å². The molecule has 0 spiro atoms. The van der Waals surface area contributed by atoms with Crippen LogP contribution in [0.2, 0.25) is 0 Å². The number of anilines is 1. The number of phenols is 1. The second kappa shape index (κ2) is 9.60. The summed E-state index contributed by atoms with van der Waals surface area (Å²) in [5.74, 6) is -1.19. The normalized spacial score (nSPS) is 11.6. The Bertz CT molecular complexity index is 1600. The molecule has 4 aromatic carbocycles. The summed E-state index contributed by atoms with van der Waals surface area (Å²) in [6.45, 7) is 0. The molecule has 176 valence electrons. The Morgan fingerprint density at radius 2 is 1.66 bits per heavy atom. The number of aromatic hydroxyl groups is 1. The molecule has 4 rings (SSSR count). The lowest BCUT2D eigenvalue weighted by Crippen LogP contribution is -2.13. The van der Waals surface area contributed by atoms with Gasteiger partial charge in [-0.15, -0.1) is 10.2 Å². The Kier molecular flexibility index (Phi) is 6.58. The van der Waals surface area contributed by atoms with Crippen LogP contribution in [0.15, 0.2) is 98.5 Å². The molecule has 0 aliphatic rings. The van der Waals surface area contributed by atoms with Crippen LogP contribution in [0.3, 0.4) is 0 Å². The van der Waals surface area contributed by atoms with Crippen LogP contribution in [0.1, 0.15) is 10.4 Å². The van der Waals surface area contributed by atoms with Crippen LogP contribution in [0.5, 0.6) is 5.75 Å². The summed E-state index contributed by atoms with van der Waals surface area (Å²) in [6.07, 6.45) is 0. The quantitative estimate of drug-likeness (QED) is 0.130. The van der Waals surface area contributed by atoms with E-state index in [0.29, 0.717) is 9.86 Å². The van der Waals surface area contributed by atoms with Gasteiger partial charge in [-0.3, -0.25) is 19.6 Å². The van der Waals surface area contributed by atoms with Gasteiger partial charge >= 0.3 is 0 Å². The van der Waals surface area contributed by atoms with Gasteiger partial charge < -0.3 is 5.11 Å². The van der Waals surface area contributed by atoms with Crippen molar-refractivity contribution in [3.8, 4) is 5.75 Å². The molecule has 0 aliphatic carbocycles. The molecule has 0 saturated heterocycles. The van der Waals surface area contributed by atoms with Crippen molar-refractivity contribution in [2.24, 2.45) is 10.2 Å². The molecule has 10 nitrogen and oxygen atoms in total. The number of fused-ring (bicyclic) bond motifs is 1. The molecule has 0 aromatic heterocycles. The van der Waals surface area contributed by atoms with Gasteiger partial charge in [0.05, 0.1) is 21.1 Å². The first kappa shape index (κ1) is 24.0. The summed E-state index contributed by atoms with van der Waals surface area (Å²) in [7, 11) is -3.99. The zero-order valence-electron chi connectivity index (χ0n) is 17.6. The first-order valence-electron chi connectivity index (χ1n) is 9.89. The number of nitro benzene ring substituents is 1. The molecule has 4 aromatic rings. The zero-order chi connectivity index (χ0) is 25.2. The van der Waals surface area contributed by atoms with Crippen LogP contribution in [-0.4, -0.2) is 24.4 Å². The Labute approximate surface area is 207 Å². The molecule has 0 atom stereocenters. The van der Waals surface area contributed by atoms with Gasteiger partial charge in [0.1, 0.15) is 5.69 Å². The highest BCUT2D eigenvalue weighted by Crippen LogP contribution is 2.40. The van der Waals surface area contributed by atoms with Crippen molar-refractivity contribution < 1.29 is 23.2 Å². The number of sulfonamides is 1. The SMILES string of the molecule is O=C(N=Nc1cc(NS(=O)(=O)c2ccc(Br)cc2)c2ccccc2c1O)c1cccc([N+](=O)[O-])c1. The summed E-state index contributed by atoms with van der Waals surface area (Å²) in [6, 6.07) is 18.7. The average Bonchev–Trinajstić information content (AvgIpc) is 2.85. The molecule has 0 aliphatic heterocycles. The molecule has 2 N–H and O–H groups in total. The molecule has 0 unspecified atom stereocenters. The minimum Gasteiger partial charge on any atom is -0.505 e. The minimum atomic E-state index is -3.99. The number of hydrogen-bond donors (Lipinski definition) is 2. The maximum absolute atomic E-state index is 12.9. The van der Waals surface area contributed by atoms with Gasteiger partial charge in [-0.1, -0.05) is 46.3 Å². The molecule has 0 bridgehead atoms. The fourth-order valence-corrected chi connectivity index (χ4v) is 4.57. The lowest BCUT2D eigenvalue weighted by molar-refractivity contribution is -0.384. The van der Waals surface area contributed by atoms with E-state index >= 15 is 0 Å². The number of nitrogens with zero attached hydrogens (tertiary/aromatic N) is 3. The fraction of sp³-hybridized carbons (Fsp3) is 0. The van der Waals surface area contributed by atoms with Gasteiger partial charge in [-0.25, -0.2) is 8.42 Å². The number of non-ortho nitro benzene ring substituents is 1. The number of amides is 1. The summed E-state index contributed by atoms with van der Waals surface area (Å²) >= 11 is 3.26. The number of carbonyl (C=O) groups excluding carboxylic acids is 1. The summed E-state index contributed by atoms with van der Waals surface area (Å²) < 4.78 is 29.1. The van der Waals surface area contributed by atoms with Gasteiger partial charge in [0.2, 0.25) is 0 Å². The monoisotopic (exact) mass is 554 g/mol. The number of nitro groups is 1. The Morgan fingerprint density at radius 1 is 0.971 bits per heavy atom. The van der Waals surface area contributed by atoms with E-state index in [-0.39, 0.29) is 38.7 Å². The summed E-state index contributed by atoms with van der Waals surface area (Å²) in [5, 5.41) is 29.7. The van der Waals surface area contributed by atoms with Crippen molar-refractivity contribution in [2.75, 3.05) is 4.72 Å². The van der Waals surface area contributed by atoms with E-state index in [9.17, 15) is 28.4 Å². The molecule has 1 amide bonds. The van der Waals surface area contributed by atoms with E-state index in [2.05, 4.69) is 30.9 Å². The van der Waals surface area contributed by atoms with Crippen molar-refractivity contribution >= 4 is 59.7 Å². The number of phenolic OH excluding ortho intramolecular Hbond substituents is 1. The van der Waals surface area contributed by atoms with Crippen LogP contribution in [0, 0.1) is 10.1 Å².